The predicted octanol–water partition coefficient (Wildman–Crippen LogP) is 5.26. The quantitative estimate of drug-likeness (QED) is 0.469. The Morgan fingerprint density at radius 2 is 1.66 bits per heavy atom. The van der Waals surface area contributed by atoms with Gasteiger partial charge < -0.3 is 10.5 Å². The van der Waals surface area contributed by atoms with Crippen molar-refractivity contribution in [2.45, 2.75) is 12.1 Å². The second kappa shape index (κ2) is 7.17. The van der Waals surface area contributed by atoms with E-state index in [4.69, 9.17) is 10.5 Å². The highest BCUT2D eigenvalue weighted by Gasteiger charge is 2.46. The summed E-state index contributed by atoms with van der Waals surface area (Å²) in [5.41, 5.74) is 5.51. The molecule has 1 aromatic heterocycles. The van der Waals surface area contributed by atoms with Crippen molar-refractivity contribution >= 4 is 10.8 Å². The topological polar surface area (TPSA) is 76.9 Å². The fourth-order valence-corrected chi connectivity index (χ4v) is 4.11. The third-order valence-electron chi connectivity index (χ3n) is 5.45. The summed E-state index contributed by atoms with van der Waals surface area (Å²) in [7, 11) is 0. The molecule has 4 aromatic rings. The Labute approximate surface area is 180 Å². The molecule has 1 aliphatic rings. The van der Waals surface area contributed by atoms with Gasteiger partial charge in [-0.05, 0) is 28.5 Å². The highest BCUT2D eigenvalue weighted by Crippen LogP contribution is 2.49. The zero-order chi connectivity index (χ0) is 22.5. The van der Waals surface area contributed by atoms with Crippen molar-refractivity contribution in [1.82, 2.24) is 9.78 Å². The van der Waals surface area contributed by atoms with Crippen LogP contribution < -0.4 is 10.5 Å². The molecule has 8 heteroatoms. The van der Waals surface area contributed by atoms with Gasteiger partial charge in [0.2, 0.25) is 11.8 Å². The van der Waals surface area contributed by atoms with E-state index in [0.29, 0.717) is 16.6 Å². The van der Waals surface area contributed by atoms with Crippen LogP contribution in [0, 0.1) is 11.3 Å². The van der Waals surface area contributed by atoms with Gasteiger partial charge in [0.15, 0.2) is 5.69 Å². The van der Waals surface area contributed by atoms with Gasteiger partial charge in [-0.25, -0.2) is 0 Å². The summed E-state index contributed by atoms with van der Waals surface area (Å²) < 4.78 is 49.2. The van der Waals surface area contributed by atoms with Crippen LogP contribution in [0.15, 0.2) is 84.3 Å². The number of benzene rings is 3. The third kappa shape index (κ3) is 2.98. The Bertz CT molecular complexity index is 1410. The number of halogens is 3. The Hall–Kier alpha value is -4.25. The Morgan fingerprint density at radius 1 is 0.969 bits per heavy atom. The number of hydrogen-bond donors (Lipinski definition) is 1. The Kier molecular flexibility index (Phi) is 4.41. The lowest BCUT2D eigenvalue weighted by atomic mass is 9.81. The predicted molar refractivity (Wildman–Crippen MR) is 112 cm³/mol. The number of para-hydroxylation sites is 1. The molecule has 5 nitrogen and oxygen atoms in total. The van der Waals surface area contributed by atoms with E-state index < -0.39 is 17.8 Å². The van der Waals surface area contributed by atoms with E-state index in [0.717, 1.165) is 10.1 Å². The van der Waals surface area contributed by atoms with Crippen molar-refractivity contribution in [3.8, 4) is 17.6 Å². The molecule has 0 saturated carbocycles. The number of nitrogens with zero attached hydrogens (tertiary/aromatic N) is 3. The van der Waals surface area contributed by atoms with Gasteiger partial charge in [0.25, 0.3) is 0 Å². The SMILES string of the molecule is N#CC1=C(N)Oc2c(c(C(F)(F)F)nn2-c2ccccc2)C1c1cccc2ccccc12. The van der Waals surface area contributed by atoms with Crippen LogP contribution in [0.25, 0.3) is 16.5 Å². The zero-order valence-corrected chi connectivity index (χ0v) is 16.5. The first kappa shape index (κ1) is 19.7. The minimum absolute atomic E-state index is 0.0908. The largest absolute Gasteiger partial charge is 0.435 e. The van der Waals surface area contributed by atoms with Crippen LogP contribution in [-0.4, -0.2) is 9.78 Å². The zero-order valence-electron chi connectivity index (χ0n) is 16.5. The summed E-state index contributed by atoms with van der Waals surface area (Å²) in [6.45, 7) is 0. The molecule has 158 valence electrons. The van der Waals surface area contributed by atoms with E-state index in [1.807, 2.05) is 24.3 Å². The van der Waals surface area contributed by atoms with Crippen LogP contribution in [0.4, 0.5) is 13.2 Å². The van der Waals surface area contributed by atoms with Crippen molar-refractivity contribution in [2.75, 3.05) is 0 Å². The van der Waals surface area contributed by atoms with Crippen molar-refractivity contribution in [1.29, 1.82) is 5.26 Å². The molecule has 0 aliphatic carbocycles. The van der Waals surface area contributed by atoms with E-state index in [1.165, 1.54) is 0 Å². The molecule has 1 atom stereocenters. The maximum Gasteiger partial charge on any atom is 0.435 e. The summed E-state index contributed by atoms with van der Waals surface area (Å²) in [5.74, 6) is -1.49. The molecule has 0 fully saturated rings. The second-order valence-corrected chi connectivity index (χ2v) is 7.31. The van der Waals surface area contributed by atoms with Gasteiger partial charge >= 0.3 is 6.18 Å². The van der Waals surface area contributed by atoms with Gasteiger partial charge in [0.1, 0.15) is 11.6 Å². The molecule has 0 amide bonds. The number of allylic oxidation sites excluding steroid dienone is 1. The average molecular weight is 432 g/mol. The normalized spacial score (nSPS) is 15.9. The summed E-state index contributed by atoms with van der Waals surface area (Å²) in [6.07, 6.45) is -4.77. The summed E-state index contributed by atoms with van der Waals surface area (Å²) in [4.78, 5) is 0. The average Bonchev–Trinajstić information content (AvgIpc) is 3.18. The summed E-state index contributed by atoms with van der Waals surface area (Å²) >= 11 is 0. The van der Waals surface area contributed by atoms with Gasteiger partial charge in [-0.1, -0.05) is 60.7 Å². The molecule has 3 aromatic carbocycles. The molecule has 0 spiro atoms. The van der Waals surface area contributed by atoms with Gasteiger partial charge in [-0.15, -0.1) is 0 Å². The molecular formula is C24H15F3N4O. The van der Waals surface area contributed by atoms with E-state index in [-0.39, 0.29) is 22.9 Å². The molecule has 2 heterocycles. The number of hydrogen-bond acceptors (Lipinski definition) is 4. The lowest BCUT2D eigenvalue weighted by Gasteiger charge is -2.26. The van der Waals surface area contributed by atoms with Gasteiger partial charge in [0.05, 0.1) is 17.2 Å². The van der Waals surface area contributed by atoms with Crippen molar-refractivity contribution < 1.29 is 17.9 Å². The maximum atomic E-state index is 14.2. The number of nitriles is 1. The Balaban J connectivity index is 1.87. The fourth-order valence-electron chi connectivity index (χ4n) is 4.11. The van der Waals surface area contributed by atoms with Crippen molar-refractivity contribution in [2.24, 2.45) is 5.73 Å². The summed E-state index contributed by atoms with van der Waals surface area (Å²) in [6, 6.07) is 22.9. The molecule has 1 unspecified atom stereocenters. The van der Waals surface area contributed by atoms with Gasteiger partial charge in [-0.3, -0.25) is 0 Å². The van der Waals surface area contributed by atoms with Crippen LogP contribution in [0.5, 0.6) is 5.88 Å². The highest BCUT2D eigenvalue weighted by molar-refractivity contribution is 5.87. The number of fused-ring (bicyclic) bond motifs is 2. The number of alkyl halides is 3. The van der Waals surface area contributed by atoms with Crippen LogP contribution in [0.3, 0.4) is 0 Å². The second-order valence-electron chi connectivity index (χ2n) is 7.31. The minimum Gasteiger partial charge on any atom is -0.422 e. The maximum absolute atomic E-state index is 14.2. The standard InChI is InChI=1S/C24H15F3N4O/c25-24(26,27)21-20-19(17-12-6-8-14-7-4-5-11-16(14)17)18(13-28)22(29)32-23(20)31(30-21)15-9-2-1-3-10-15/h1-12,19H,29H2. The smallest absolute Gasteiger partial charge is 0.422 e. The molecule has 0 bridgehead atoms. The van der Waals surface area contributed by atoms with Crippen LogP contribution in [-0.2, 0) is 6.18 Å². The Morgan fingerprint density at radius 3 is 2.38 bits per heavy atom. The van der Waals surface area contributed by atoms with Crippen LogP contribution in [0.2, 0.25) is 0 Å². The third-order valence-corrected chi connectivity index (χ3v) is 5.45. The van der Waals surface area contributed by atoms with Crippen molar-refractivity contribution in [3.63, 3.8) is 0 Å². The van der Waals surface area contributed by atoms with E-state index in [2.05, 4.69) is 5.10 Å². The number of rotatable bonds is 2. The van der Waals surface area contributed by atoms with E-state index in [9.17, 15) is 18.4 Å². The van der Waals surface area contributed by atoms with Crippen molar-refractivity contribution in [3.05, 3.63) is 101 Å². The van der Waals surface area contributed by atoms with Gasteiger partial charge in [0, 0.05) is 0 Å². The highest BCUT2D eigenvalue weighted by atomic mass is 19.4. The lowest BCUT2D eigenvalue weighted by Crippen LogP contribution is -2.23. The van der Waals surface area contributed by atoms with E-state index in [1.54, 1.807) is 54.6 Å². The van der Waals surface area contributed by atoms with Crippen LogP contribution >= 0.6 is 0 Å². The molecule has 5 rings (SSSR count). The molecule has 0 saturated heterocycles. The first-order valence-corrected chi connectivity index (χ1v) is 9.71. The van der Waals surface area contributed by atoms with E-state index >= 15 is 0 Å². The van der Waals surface area contributed by atoms with Gasteiger partial charge in [-0.2, -0.15) is 28.2 Å². The fraction of sp³-hybridized carbons (Fsp3) is 0.0833. The van der Waals surface area contributed by atoms with Crippen LogP contribution in [0.1, 0.15) is 22.7 Å². The number of nitrogens with two attached hydrogens (primary N) is 1. The minimum atomic E-state index is -4.77. The summed E-state index contributed by atoms with van der Waals surface area (Å²) in [5, 5.41) is 15.2. The molecule has 0 radical (unpaired) electrons. The number of ether oxygens (including phenoxy) is 1. The number of aromatic nitrogens is 2. The first-order chi connectivity index (χ1) is 15.4. The monoisotopic (exact) mass is 432 g/mol. The first-order valence-electron chi connectivity index (χ1n) is 9.71. The molecular weight excluding hydrogens is 417 g/mol. The molecule has 1 aliphatic heterocycles. The lowest BCUT2D eigenvalue weighted by molar-refractivity contribution is -0.142. The molecule has 32 heavy (non-hydrogen) atoms. The molecule has 2 N–H and O–H groups in total.